The van der Waals surface area contributed by atoms with Crippen molar-refractivity contribution < 1.29 is 34.1 Å². The maximum Gasteiger partial charge on any atom is 0.314 e. The number of rotatable bonds is 7. The van der Waals surface area contributed by atoms with Gasteiger partial charge in [0.25, 0.3) is 0 Å². The number of hydrogen-bond acceptors (Lipinski definition) is 5. The minimum absolute atomic E-state index is 0.315. The van der Waals surface area contributed by atoms with Gasteiger partial charge in [0.05, 0.1) is 0 Å². The fourth-order valence-electron chi connectivity index (χ4n) is 0.963. The summed E-state index contributed by atoms with van der Waals surface area (Å²) in [4.78, 5) is 42.5. The van der Waals surface area contributed by atoms with Crippen molar-refractivity contribution in [2.75, 3.05) is 6.61 Å². The number of ketones is 1. The van der Waals surface area contributed by atoms with E-state index < -0.39 is 42.6 Å². The number of ether oxygens (including phenoxy) is 1. The van der Waals surface area contributed by atoms with Gasteiger partial charge in [-0.3, -0.25) is 19.2 Å². The third-order valence-electron chi connectivity index (χ3n) is 1.75. The highest BCUT2D eigenvalue weighted by Crippen LogP contribution is 2.09. The van der Waals surface area contributed by atoms with E-state index in [-0.39, 0.29) is 6.42 Å². The zero-order chi connectivity index (χ0) is 12.7. The minimum Gasteiger partial charge on any atom is -0.481 e. The average molecular weight is 232 g/mol. The Hall–Kier alpha value is -1.92. The SMILES string of the molecule is CC(=O)OCC(=O)C(CCC(=O)O)C(=O)O. The average Bonchev–Trinajstić information content (AvgIpc) is 2.13. The van der Waals surface area contributed by atoms with Crippen molar-refractivity contribution in [2.24, 2.45) is 5.92 Å². The largest absolute Gasteiger partial charge is 0.481 e. The number of carboxylic acid groups (broad SMARTS) is 2. The third kappa shape index (κ3) is 5.74. The molecule has 7 heteroatoms. The summed E-state index contributed by atoms with van der Waals surface area (Å²) in [6.45, 7) is 0.437. The molecule has 0 radical (unpaired) electrons. The summed E-state index contributed by atoms with van der Waals surface area (Å²) >= 11 is 0. The van der Waals surface area contributed by atoms with Gasteiger partial charge in [0.15, 0.2) is 12.4 Å². The van der Waals surface area contributed by atoms with Gasteiger partial charge in [-0.05, 0) is 6.42 Å². The first kappa shape index (κ1) is 14.1. The maximum absolute atomic E-state index is 11.3. The fraction of sp³-hybridized carbons (Fsp3) is 0.556. The monoisotopic (exact) mass is 232 g/mol. The number of carbonyl (C=O) groups is 4. The Bertz CT molecular complexity index is 307. The van der Waals surface area contributed by atoms with E-state index in [1.165, 1.54) is 0 Å². The van der Waals surface area contributed by atoms with E-state index >= 15 is 0 Å². The lowest BCUT2D eigenvalue weighted by molar-refractivity contribution is -0.153. The molecule has 0 heterocycles. The van der Waals surface area contributed by atoms with Crippen LogP contribution in [0.2, 0.25) is 0 Å². The second-order valence-electron chi connectivity index (χ2n) is 3.07. The van der Waals surface area contributed by atoms with Gasteiger partial charge in [-0.1, -0.05) is 0 Å². The van der Waals surface area contributed by atoms with Crippen molar-refractivity contribution >= 4 is 23.7 Å². The van der Waals surface area contributed by atoms with Gasteiger partial charge in [-0.25, -0.2) is 0 Å². The van der Waals surface area contributed by atoms with E-state index in [9.17, 15) is 19.2 Å². The predicted octanol–water partition coefficient (Wildman–Crippen LogP) is -0.316. The summed E-state index contributed by atoms with van der Waals surface area (Å²) < 4.78 is 4.34. The van der Waals surface area contributed by atoms with Crippen molar-refractivity contribution in [1.29, 1.82) is 0 Å². The Labute approximate surface area is 91.0 Å². The van der Waals surface area contributed by atoms with Crippen LogP contribution < -0.4 is 0 Å². The highest BCUT2D eigenvalue weighted by atomic mass is 16.5. The van der Waals surface area contributed by atoms with Gasteiger partial charge >= 0.3 is 17.9 Å². The lowest BCUT2D eigenvalue weighted by atomic mass is 9.99. The number of esters is 1. The molecule has 7 nitrogen and oxygen atoms in total. The van der Waals surface area contributed by atoms with Crippen LogP contribution in [0.3, 0.4) is 0 Å². The molecule has 0 aliphatic rings. The molecule has 0 saturated carbocycles. The number of carbonyl (C=O) groups excluding carboxylic acids is 2. The highest BCUT2D eigenvalue weighted by molar-refractivity contribution is 5.99. The topological polar surface area (TPSA) is 118 Å². The van der Waals surface area contributed by atoms with E-state index in [2.05, 4.69) is 4.74 Å². The number of hydrogen-bond donors (Lipinski definition) is 2. The smallest absolute Gasteiger partial charge is 0.314 e. The Balaban J connectivity index is 4.29. The third-order valence-corrected chi connectivity index (χ3v) is 1.75. The Morgan fingerprint density at radius 1 is 1.19 bits per heavy atom. The molecule has 0 aromatic carbocycles. The van der Waals surface area contributed by atoms with Gasteiger partial charge < -0.3 is 14.9 Å². The summed E-state index contributed by atoms with van der Waals surface area (Å²) in [5.74, 6) is -5.57. The van der Waals surface area contributed by atoms with Crippen molar-refractivity contribution in [3.8, 4) is 0 Å². The van der Waals surface area contributed by atoms with Crippen molar-refractivity contribution in [3.63, 3.8) is 0 Å². The normalized spacial score (nSPS) is 11.6. The molecule has 0 saturated heterocycles. The maximum atomic E-state index is 11.3. The molecule has 0 fully saturated rings. The van der Waals surface area contributed by atoms with Crippen LogP contribution in [0.5, 0.6) is 0 Å². The van der Waals surface area contributed by atoms with E-state index in [0.29, 0.717) is 0 Å². The van der Waals surface area contributed by atoms with Crippen LogP contribution in [0.15, 0.2) is 0 Å². The van der Waals surface area contributed by atoms with Gasteiger partial charge in [0, 0.05) is 13.3 Å². The summed E-state index contributed by atoms with van der Waals surface area (Å²) in [6, 6.07) is 0. The van der Waals surface area contributed by atoms with Gasteiger partial charge in [-0.2, -0.15) is 0 Å². The molecule has 0 amide bonds. The molecule has 0 aliphatic carbocycles. The summed E-state index contributed by atoms with van der Waals surface area (Å²) in [6.07, 6.45) is -0.743. The van der Waals surface area contributed by atoms with Gasteiger partial charge in [0.1, 0.15) is 5.92 Å². The molecular formula is C9H12O7. The summed E-state index contributed by atoms with van der Waals surface area (Å²) in [5.41, 5.74) is 0. The first-order valence-corrected chi connectivity index (χ1v) is 4.45. The number of aliphatic carboxylic acids is 2. The summed E-state index contributed by atoms with van der Waals surface area (Å²) in [5, 5.41) is 17.0. The first-order valence-electron chi connectivity index (χ1n) is 4.45. The molecular weight excluding hydrogens is 220 g/mol. The molecule has 16 heavy (non-hydrogen) atoms. The molecule has 0 rings (SSSR count). The summed E-state index contributed by atoms with van der Waals surface area (Å²) in [7, 11) is 0. The van der Waals surface area contributed by atoms with Crippen LogP contribution in [0, 0.1) is 5.92 Å². The second kappa shape index (κ2) is 6.54. The molecule has 1 atom stereocenters. The quantitative estimate of drug-likeness (QED) is 0.456. The van der Waals surface area contributed by atoms with Crippen molar-refractivity contribution in [2.45, 2.75) is 19.8 Å². The molecule has 0 aromatic heterocycles. The Morgan fingerprint density at radius 3 is 2.12 bits per heavy atom. The predicted molar refractivity (Wildman–Crippen MR) is 49.6 cm³/mol. The molecule has 0 spiro atoms. The van der Waals surface area contributed by atoms with Gasteiger partial charge in [0.2, 0.25) is 0 Å². The van der Waals surface area contributed by atoms with E-state index in [1.54, 1.807) is 0 Å². The van der Waals surface area contributed by atoms with Crippen LogP contribution in [-0.4, -0.2) is 40.5 Å². The molecule has 90 valence electrons. The molecule has 0 bridgehead atoms. The second-order valence-corrected chi connectivity index (χ2v) is 3.07. The van der Waals surface area contributed by atoms with Crippen LogP contribution in [0.4, 0.5) is 0 Å². The minimum atomic E-state index is -1.45. The standard InChI is InChI=1S/C9H12O7/c1-5(10)16-4-7(11)6(9(14)15)2-3-8(12)13/h6H,2-4H2,1H3,(H,12,13)(H,14,15). The molecule has 0 aromatic rings. The Morgan fingerprint density at radius 2 is 1.75 bits per heavy atom. The lowest BCUT2D eigenvalue weighted by Gasteiger charge is -2.09. The van der Waals surface area contributed by atoms with Crippen LogP contribution in [0.1, 0.15) is 19.8 Å². The molecule has 0 aliphatic heterocycles. The molecule has 2 N–H and O–H groups in total. The van der Waals surface area contributed by atoms with Gasteiger partial charge in [-0.15, -0.1) is 0 Å². The Kier molecular flexibility index (Phi) is 5.76. The lowest BCUT2D eigenvalue weighted by Crippen LogP contribution is -2.28. The zero-order valence-electron chi connectivity index (χ0n) is 8.63. The number of carboxylic acids is 2. The fourth-order valence-corrected chi connectivity index (χ4v) is 0.963. The van der Waals surface area contributed by atoms with Crippen molar-refractivity contribution in [1.82, 2.24) is 0 Å². The number of Topliss-reactive ketones (excluding diaryl/α,β-unsaturated/α-hetero) is 1. The first-order chi connectivity index (χ1) is 7.34. The van der Waals surface area contributed by atoms with E-state index in [4.69, 9.17) is 10.2 Å². The molecule has 1 unspecified atom stereocenters. The van der Waals surface area contributed by atoms with Crippen LogP contribution >= 0.6 is 0 Å². The van der Waals surface area contributed by atoms with E-state index in [1.807, 2.05) is 0 Å². The van der Waals surface area contributed by atoms with E-state index in [0.717, 1.165) is 6.92 Å². The highest BCUT2D eigenvalue weighted by Gasteiger charge is 2.27. The van der Waals surface area contributed by atoms with Crippen molar-refractivity contribution in [3.05, 3.63) is 0 Å². The van der Waals surface area contributed by atoms with Crippen LogP contribution in [-0.2, 0) is 23.9 Å². The zero-order valence-corrected chi connectivity index (χ0v) is 8.63. The van der Waals surface area contributed by atoms with Crippen LogP contribution in [0.25, 0.3) is 0 Å².